The van der Waals surface area contributed by atoms with Crippen LogP contribution in [0.5, 0.6) is 0 Å². The maximum absolute atomic E-state index is 3.61. The predicted octanol–water partition coefficient (Wildman–Crippen LogP) is 2.53. The Morgan fingerprint density at radius 2 is 2.00 bits per heavy atom. The Morgan fingerprint density at radius 1 is 1.29 bits per heavy atom. The fourth-order valence-electron chi connectivity index (χ4n) is 3.19. The van der Waals surface area contributed by atoms with Gasteiger partial charge in [0.1, 0.15) is 0 Å². The van der Waals surface area contributed by atoms with Crippen molar-refractivity contribution in [2.45, 2.75) is 51.4 Å². The molecule has 0 aliphatic carbocycles. The summed E-state index contributed by atoms with van der Waals surface area (Å²) < 4.78 is 0. The number of nitrogens with zero attached hydrogens (tertiary/aromatic N) is 1. The number of fused-ring (bicyclic) bond motifs is 1. The van der Waals surface area contributed by atoms with E-state index < -0.39 is 0 Å². The normalized spacial score (nSPS) is 26.1. The highest BCUT2D eigenvalue weighted by atomic mass is 15.2. The molecule has 1 aromatic carbocycles. The lowest BCUT2D eigenvalue weighted by atomic mass is 10.1. The standard InChI is InChI=1S/C15H22N2/c1-12(9-15-7-4-8-16-15)17-10-13-5-2-3-6-14(13)11-17/h2-3,5-6,12,15-16H,4,7-11H2,1H3. The smallest absolute Gasteiger partial charge is 0.0243 e. The maximum Gasteiger partial charge on any atom is 0.0243 e. The third kappa shape index (κ3) is 2.38. The lowest BCUT2D eigenvalue weighted by molar-refractivity contribution is 0.191. The van der Waals surface area contributed by atoms with Crippen LogP contribution in [0.25, 0.3) is 0 Å². The third-order valence-corrected chi connectivity index (χ3v) is 4.28. The molecule has 0 saturated carbocycles. The monoisotopic (exact) mass is 230 g/mol. The minimum absolute atomic E-state index is 0.693. The van der Waals surface area contributed by atoms with Crippen molar-refractivity contribution in [1.82, 2.24) is 10.2 Å². The summed E-state index contributed by atoms with van der Waals surface area (Å²) in [6, 6.07) is 10.3. The number of hydrogen-bond donors (Lipinski definition) is 1. The lowest BCUT2D eigenvalue weighted by Crippen LogP contribution is -2.34. The van der Waals surface area contributed by atoms with Gasteiger partial charge in [0, 0.05) is 25.2 Å². The van der Waals surface area contributed by atoms with E-state index >= 15 is 0 Å². The van der Waals surface area contributed by atoms with E-state index in [0.29, 0.717) is 6.04 Å². The zero-order valence-corrected chi connectivity index (χ0v) is 10.7. The van der Waals surface area contributed by atoms with Gasteiger partial charge in [-0.1, -0.05) is 24.3 Å². The van der Waals surface area contributed by atoms with Gasteiger partial charge in [0.25, 0.3) is 0 Å². The topological polar surface area (TPSA) is 15.3 Å². The predicted molar refractivity (Wildman–Crippen MR) is 70.8 cm³/mol. The van der Waals surface area contributed by atoms with Crippen LogP contribution in [-0.2, 0) is 13.1 Å². The Bertz CT molecular complexity index is 357. The van der Waals surface area contributed by atoms with E-state index in [2.05, 4.69) is 41.4 Å². The quantitative estimate of drug-likeness (QED) is 0.858. The molecule has 0 spiro atoms. The highest BCUT2D eigenvalue weighted by Crippen LogP contribution is 2.26. The molecule has 2 unspecified atom stereocenters. The summed E-state index contributed by atoms with van der Waals surface area (Å²) in [4.78, 5) is 2.62. The van der Waals surface area contributed by atoms with Crippen LogP contribution in [0.4, 0.5) is 0 Å². The van der Waals surface area contributed by atoms with Crippen molar-refractivity contribution in [2.75, 3.05) is 6.54 Å². The summed E-state index contributed by atoms with van der Waals surface area (Å²) in [5.74, 6) is 0. The molecule has 1 fully saturated rings. The minimum atomic E-state index is 0.693. The van der Waals surface area contributed by atoms with E-state index in [4.69, 9.17) is 0 Å². The minimum Gasteiger partial charge on any atom is -0.314 e. The van der Waals surface area contributed by atoms with Crippen molar-refractivity contribution in [3.63, 3.8) is 0 Å². The first-order chi connectivity index (χ1) is 8.33. The summed E-state index contributed by atoms with van der Waals surface area (Å²) in [5.41, 5.74) is 3.05. The molecule has 0 bridgehead atoms. The van der Waals surface area contributed by atoms with Gasteiger partial charge >= 0.3 is 0 Å². The molecule has 2 nitrogen and oxygen atoms in total. The Hall–Kier alpha value is -0.860. The number of nitrogens with one attached hydrogen (secondary N) is 1. The molecule has 2 atom stereocenters. The van der Waals surface area contributed by atoms with Crippen molar-refractivity contribution in [2.24, 2.45) is 0 Å². The molecule has 0 amide bonds. The van der Waals surface area contributed by atoms with Crippen molar-refractivity contribution in [3.05, 3.63) is 35.4 Å². The van der Waals surface area contributed by atoms with Crippen LogP contribution in [-0.4, -0.2) is 23.5 Å². The van der Waals surface area contributed by atoms with E-state index in [9.17, 15) is 0 Å². The molecule has 2 heterocycles. The Labute approximate surface area is 104 Å². The van der Waals surface area contributed by atoms with Crippen LogP contribution in [0, 0.1) is 0 Å². The zero-order valence-electron chi connectivity index (χ0n) is 10.7. The lowest BCUT2D eigenvalue weighted by Gasteiger charge is -2.26. The van der Waals surface area contributed by atoms with E-state index in [0.717, 1.165) is 19.1 Å². The summed E-state index contributed by atoms with van der Waals surface area (Å²) in [5, 5.41) is 3.61. The van der Waals surface area contributed by atoms with Gasteiger partial charge in [-0.15, -0.1) is 0 Å². The SMILES string of the molecule is CC(CC1CCCN1)N1Cc2ccccc2C1. The first-order valence-electron chi connectivity index (χ1n) is 6.87. The van der Waals surface area contributed by atoms with Gasteiger partial charge in [-0.3, -0.25) is 4.90 Å². The van der Waals surface area contributed by atoms with E-state index in [-0.39, 0.29) is 0 Å². The molecule has 92 valence electrons. The molecule has 17 heavy (non-hydrogen) atoms. The molecular weight excluding hydrogens is 208 g/mol. The van der Waals surface area contributed by atoms with Gasteiger partial charge in [-0.25, -0.2) is 0 Å². The molecule has 0 radical (unpaired) electrons. The molecule has 2 aliphatic heterocycles. The van der Waals surface area contributed by atoms with Gasteiger partial charge < -0.3 is 5.32 Å². The fraction of sp³-hybridized carbons (Fsp3) is 0.600. The van der Waals surface area contributed by atoms with Crippen LogP contribution >= 0.6 is 0 Å². The van der Waals surface area contributed by atoms with Crippen molar-refractivity contribution < 1.29 is 0 Å². The van der Waals surface area contributed by atoms with Crippen LogP contribution in [0.2, 0.25) is 0 Å². The molecular formula is C15H22N2. The summed E-state index contributed by atoms with van der Waals surface area (Å²) in [7, 11) is 0. The average Bonchev–Trinajstić information content (AvgIpc) is 2.96. The van der Waals surface area contributed by atoms with Crippen LogP contribution in [0.1, 0.15) is 37.3 Å². The molecule has 2 heteroatoms. The van der Waals surface area contributed by atoms with Gasteiger partial charge in [-0.2, -0.15) is 0 Å². The second-order valence-corrected chi connectivity index (χ2v) is 5.55. The van der Waals surface area contributed by atoms with Crippen molar-refractivity contribution in [1.29, 1.82) is 0 Å². The van der Waals surface area contributed by atoms with Gasteiger partial charge in [0.05, 0.1) is 0 Å². The molecule has 1 saturated heterocycles. The van der Waals surface area contributed by atoms with Gasteiger partial charge in [0.2, 0.25) is 0 Å². The van der Waals surface area contributed by atoms with Crippen LogP contribution < -0.4 is 5.32 Å². The van der Waals surface area contributed by atoms with Crippen molar-refractivity contribution in [3.8, 4) is 0 Å². The van der Waals surface area contributed by atoms with Crippen LogP contribution in [0.15, 0.2) is 24.3 Å². The van der Waals surface area contributed by atoms with E-state index in [1.807, 2.05) is 0 Å². The zero-order chi connectivity index (χ0) is 11.7. The Morgan fingerprint density at radius 3 is 2.59 bits per heavy atom. The summed E-state index contributed by atoms with van der Waals surface area (Å²) >= 11 is 0. The molecule has 3 rings (SSSR count). The van der Waals surface area contributed by atoms with Gasteiger partial charge in [-0.05, 0) is 43.9 Å². The first-order valence-corrected chi connectivity index (χ1v) is 6.87. The highest BCUT2D eigenvalue weighted by Gasteiger charge is 2.25. The number of rotatable bonds is 3. The first kappa shape index (κ1) is 11.2. The second kappa shape index (κ2) is 4.79. The highest BCUT2D eigenvalue weighted by molar-refractivity contribution is 5.30. The Balaban J connectivity index is 1.60. The Kier molecular flexibility index (Phi) is 3.17. The van der Waals surface area contributed by atoms with Crippen molar-refractivity contribution >= 4 is 0 Å². The fourth-order valence-corrected chi connectivity index (χ4v) is 3.19. The number of hydrogen-bond acceptors (Lipinski definition) is 2. The molecule has 2 aliphatic rings. The largest absolute Gasteiger partial charge is 0.314 e. The second-order valence-electron chi connectivity index (χ2n) is 5.55. The maximum atomic E-state index is 3.61. The summed E-state index contributed by atoms with van der Waals surface area (Å²) in [6.45, 7) is 5.89. The molecule has 1 N–H and O–H groups in total. The molecule has 0 aromatic heterocycles. The molecule has 1 aromatic rings. The van der Waals surface area contributed by atoms with E-state index in [1.54, 1.807) is 0 Å². The van der Waals surface area contributed by atoms with Gasteiger partial charge in [0.15, 0.2) is 0 Å². The third-order valence-electron chi connectivity index (χ3n) is 4.28. The van der Waals surface area contributed by atoms with Crippen LogP contribution in [0.3, 0.4) is 0 Å². The van der Waals surface area contributed by atoms with E-state index in [1.165, 1.54) is 36.9 Å². The number of benzene rings is 1. The summed E-state index contributed by atoms with van der Waals surface area (Å²) in [6.07, 6.45) is 4.02. The average molecular weight is 230 g/mol.